The van der Waals surface area contributed by atoms with Gasteiger partial charge in [0.05, 0.1) is 5.69 Å². The summed E-state index contributed by atoms with van der Waals surface area (Å²) < 4.78 is 1.93. The predicted molar refractivity (Wildman–Crippen MR) is 77.0 cm³/mol. The van der Waals surface area contributed by atoms with E-state index in [0.29, 0.717) is 0 Å². The van der Waals surface area contributed by atoms with E-state index in [4.69, 9.17) is 5.73 Å². The van der Waals surface area contributed by atoms with E-state index in [2.05, 4.69) is 29.4 Å². The fourth-order valence-corrected chi connectivity index (χ4v) is 3.02. The van der Waals surface area contributed by atoms with Gasteiger partial charge in [0.1, 0.15) is 0 Å². The van der Waals surface area contributed by atoms with E-state index in [-0.39, 0.29) is 6.04 Å². The first-order chi connectivity index (χ1) is 9.13. The Kier molecular flexibility index (Phi) is 3.15. The van der Waals surface area contributed by atoms with Gasteiger partial charge < -0.3 is 5.73 Å². The molecule has 1 atom stereocenters. The lowest BCUT2D eigenvalue weighted by molar-refractivity contribution is 0.639. The quantitative estimate of drug-likeness (QED) is 0.915. The van der Waals surface area contributed by atoms with Crippen molar-refractivity contribution in [1.29, 1.82) is 0 Å². The number of aromatic nitrogens is 2. The molecule has 3 rings (SSSR count). The van der Waals surface area contributed by atoms with E-state index in [1.165, 1.54) is 41.6 Å². The van der Waals surface area contributed by atoms with Gasteiger partial charge >= 0.3 is 0 Å². The fourth-order valence-electron chi connectivity index (χ4n) is 3.02. The molecule has 0 saturated heterocycles. The first-order valence-corrected chi connectivity index (χ1v) is 7.00. The maximum atomic E-state index is 6.36. The van der Waals surface area contributed by atoms with Crippen molar-refractivity contribution in [2.45, 2.75) is 38.6 Å². The van der Waals surface area contributed by atoms with Crippen LogP contribution in [0.4, 0.5) is 0 Å². The summed E-state index contributed by atoms with van der Waals surface area (Å²) in [6, 6.07) is 8.92. The summed E-state index contributed by atoms with van der Waals surface area (Å²) in [6.45, 7) is 2.02. The van der Waals surface area contributed by atoms with Crippen molar-refractivity contribution in [3.05, 3.63) is 52.3 Å². The lowest BCUT2D eigenvalue weighted by atomic mass is 9.98. The van der Waals surface area contributed by atoms with E-state index in [9.17, 15) is 0 Å². The van der Waals surface area contributed by atoms with Gasteiger partial charge in [-0.1, -0.05) is 18.2 Å². The molecule has 1 unspecified atom stereocenters. The van der Waals surface area contributed by atoms with Gasteiger partial charge in [0, 0.05) is 25.2 Å². The highest BCUT2D eigenvalue weighted by molar-refractivity contribution is 5.36. The van der Waals surface area contributed by atoms with Crippen molar-refractivity contribution in [1.82, 2.24) is 9.78 Å². The minimum Gasteiger partial charge on any atom is -0.324 e. The molecule has 0 fully saturated rings. The van der Waals surface area contributed by atoms with Crippen LogP contribution in [0.25, 0.3) is 0 Å². The lowest BCUT2D eigenvalue weighted by Gasteiger charge is -2.13. The highest BCUT2D eigenvalue weighted by atomic mass is 15.3. The monoisotopic (exact) mass is 255 g/mol. The first kappa shape index (κ1) is 12.4. The summed E-state index contributed by atoms with van der Waals surface area (Å²) in [6.07, 6.45) is 4.57. The van der Waals surface area contributed by atoms with Crippen molar-refractivity contribution < 1.29 is 0 Å². The minimum atomic E-state index is 0.0562. The van der Waals surface area contributed by atoms with Crippen LogP contribution in [-0.2, 0) is 26.3 Å². The van der Waals surface area contributed by atoms with Gasteiger partial charge in [-0.25, -0.2) is 0 Å². The lowest BCUT2D eigenvalue weighted by Crippen LogP contribution is -2.15. The average molecular weight is 255 g/mol. The van der Waals surface area contributed by atoms with Gasteiger partial charge in [-0.2, -0.15) is 5.10 Å². The van der Waals surface area contributed by atoms with Crippen LogP contribution in [-0.4, -0.2) is 9.78 Å². The third-order valence-electron chi connectivity index (χ3n) is 4.08. The number of nitrogens with two attached hydrogens (primary N) is 1. The van der Waals surface area contributed by atoms with Gasteiger partial charge in [-0.15, -0.1) is 0 Å². The first-order valence-electron chi connectivity index (χ1n) is 7.00. The van der Waals surface area contributed by atoms with Crippen LogP contribution in [0.2, 0.25) is 0 Å². The average Bonchev–Trinajstić information content (AvgIpc) is 2.95. The Labute approximate surface area is 114 Å². The molecule has 1 aliphatic rings. The molecule has 1 aliphatic carbocycles. The molecule has 2 aromatic rings. The molecular formula is C16H21N3. The Morgan fingerprint density at radius 2 is 2.05 bits per heavy atom. The number of hydrogen-bond acceptors (Lipinski definition) is 2. The highest BCUT2D eigenvalue weighted by Gasteiger charge is 2.15. The van der Waals surface area contributed by atoms with Crippen molar-refractivity contribution in [2.24, 2.45) is 12.8 Å². The molecule has 1 heterocycles. The molecule has 0 saturated carbocycles. The summed E-state index contributed by atoms with van der Waals surface area (Å²) in [5, 5.41) is 4.38. The van der Waals surface area contributed by atoms with Crippen LogP contribution in [0.15, 0.2) is 24.3 Å². The summed E-state index contributed by atoms with van der Waals surface area (Å²) in [5.74, 6) is 0. The smallest absolute Gasteiger partial charge is 0.0596 e. The zero-order valence-electron chi connectivity index (χ0n) is 11.7. The molecule has 3 heteroatoms. The molecular weight excluding hydrogens is 234 g/mol. The molecule has 19 heavy (non-hydrogen) atoms. The standard InChI is InChI=1S/C16H21N3/c1-11-8-15(19(2)18-11)10-16(17)14-7-6-12-4-3-5-13(12)9-14/h6-9,16H,3-5,10,17H2,1-2H3. The molecule has 0 aliphatic heterocycles. The predicted octanol–water partition coefficient (Wildman–Crippen LogP) is 2.46. The molecule has 1 aromatic heterocycles. The maximum Gasteiger partial charge on any atom is 0.0596 e. The summed E-state index contributed by atoms with van der Waals surface area (Å²) >= 11 is 0. The second-order valence-electron chi connectivity index (χ2n) is 5.59. The van der Waals surface area contributed by atoms with E-state index in [1.54, 1.807) is 0 Å². The largest absolute Gasteiger partial charge is 0.324 e. The highest BCUT2D eigenvalue weighted by Crippen LogP contribution is 2.26. The van der Waals surface area contributed by atoms with Gasteiger partial charge in [0.2, 0.25) is 0 Å². The summed E-state index contributed by atoms with van der Waals surface area (Å²) in [5.41, 5.74) is 12.9. The second kappa shape index (κ2) is 4.82. The molecule has 3 nitrogen and oxygen atoms in total. The number of fused-ring (bicyclic) bond motifs is 1. The van der Waals surface area contributed by atoms with Gasteiger partial charge in [-0.05, 0) is 48.9 Å². The van der Waals surface area contributed by atoms with E-state index >= 15 is 0 Å². The number of benzene rings is 1. The molecule has 0 bridgehead atoms. The third-order valence-corrected chi connectivity index (χ3v) is 4.08. The Bertz CT molecular complexity index is 598. The molecule has 0 radical (unpaired) electrons. The van der Waals surface area contributed by atoms with Crippen LogP contribution in [0.5, 0.6) is 0 Å². The Balaban J connectivity index is 1.80. The molecule has 1 aromatic carbocycles. The number of nitrogens with zero attached hydrogens (tertiary/aromatic N) is 2. The summed E-state index contributed by atoms with van der Waals surface area (Å²) in [4.78, 5) is 0. The van der Waals surface area contributed by atoms with E-state index in [0.717, 1.165) is 12.1 Å². The van der Waals surface area contributed by atoms with Gasteiger partial charge in [-0.3, -0.25) is 4.68 Å². The maximum absolute atomic E-state index is 6.36. The molecule has 100 valence electrons. The van der Waals surface area contributed by atoms with Gasteiger partial charge in [0.15, 0.2) is 0 Å². The zero-order chi connectivity index (χ0) is 13.4. The van der Waals surface area contributed by atoms with Crippen molar-refractivity contribution in [3.8, 4) is 0 Å². The Morgan fingerprint density at radius 1 is 1.26 bits per heavy atom. The number of hydrogen-bond donors (Lipinski definition) is 1. The van der Waals surface area contributed by atoms with E-state index in [1.807, 2.05) is 18.7 Å². The normalized spacial score (nSPS) is 15.5. The molecule has 0 spiro atoms. The number of rotatable bonds is 3. The third kappa shape index (κ3) is 2.43. The van der Waals surface area contributed by atoms with Crippen LogP contribution in [0, 0.1) is 6.92 Å². The Morgan fingerprint density at radius 3 is 2.79 bits per heavy atom. The van der Waals surface area contributed by atoms with Crippen molar-refractivity contribution in [2.75, 3.05) is 0 Å². The molecule has 2 N–H and O–H groups in total. The summed E-state index contributed by atoms with van der Waals surface area (Å²) in [7, 11) is 1.98. The SMILES string of the molecule is Cc1cc(CC(N)c2ccc3c(c2)CCC3)n(C)n1. The fraction of sp³-hybridized carbons (Fsp3) is 0.438. The minimum absolute atomic E-state index is 0.0562. The van der Waals surface area contributed by atoms with Crippen LogP contribution in [0.1, 0.15) is 40.5 Å². The zero-order valence-corrected chi connectivity index (χ0v) is 11.7. The molecule has 0 amide bonds. The topological polar surface area (TPSA) is 43.8 Å². The Hall–Kier alpha value is -1.61. The van der Waals surface area contributed by atoms with Crippen molar-refractivity contribution >= 4 is 0 Å². The van der Waals surface area contributed by atoms with Crippen molar-refractivity contribution in [3.63, 3.8) is 0 Å². The number of aryl methyl sites for hydroxylation is 4. The van der Waals surface area contributed by atoms with Crippen LogP contribution >= 0.6 is 0 Å². The van der Waals surface area contributed by atoms with Crippen LogP contribution in [0.3, 0.4) is 0 Å². The second-order valence-corrected chi connectivity index (χ2v) is 5.59. The van der Waals surface area contributed by atoms with E-state index < -0.39 is 0 Å². The van der Waals surface area contributed by atoms with Crippen LogP contribution < -0.4 is 5.73 Å². The van der Waals surface area contributed by atoms with Gasteiger partial charge in [0.25, 0.3) is 0 Å².